The first-order valence-corrected chi connectivity index (χ1v) is 14.4. The summed E-state index contributed by atoms with van der Waals surface area (Å²) in [4.78, 5) is 12.9. The van der Waals surface area contributed by atoms with Crippen LogP contribution in [0.15, 0.2) is 82.6 Å². The molecule has 0 aromatic heterocycles. The number of hydrogen-bond acceptors (Lipinski definition) is 7. The minimum Gasteiger partial charge on any atom is -0.497 e. The Morgan fingerprint density at radius 2 is 1.50 bits per heavy atom. The first kappa shape index (κ1) is 27.5. The Morgan fingerprint density at radius 1 is 0.921 bits per heavy atom. The number of halogens is 1. The lowest BCUT2D eigenvalue weighted by Crippen LogP contribution is -2.40. The van der Waals surface area contributed by atoms with Crippen molar-refractivity contribution < 1.29 is 35.5 Å². The zero-order valence-electron chi connectivity index (χ0n) is 20.4. The SMILES string of the molecule is COc1ccc(S(=O)(=O)N(CC(=O)Nc2ccc(S(=O)(=O)N3CCOCC3)cc2)c2ccc(F)cc2)cc1. The van der Waals surface area contributed by atoms with Gasteiger partial charge in [0.15, 0.2) is 0 Å². The molecular weight excluding hydrogens is 537 g/mol. The number of amides is 1. The normalized spacial score (nSPS) is 14.6. The van der Waals surface area contributed by atoms with Crippen molar-refractivity contribution in [2.45, 2.75) is 9.79 Å². The van der Waals surface area contributed by atoms with Gasteiger partial charge in [-0.3, -0.25) is 9.10 Å². The van der Waals surface area contributed by atoms with Gasteiger partial charge in [-0.2, -0.15) is 4.31 Å². The van der Waals surface area contributed by atoms with Crippen LogP contribution >= 0.6 is 0 Å². The monoisotopic (exact) mass is 563 g/mol. The molecule has 38 heavy (non-hydrogen) atoms. The second-order valence-electron chi connectivity index (χ2n) is 8.25. The summed E-state index contributed by atoms with van der Waals surface area (Å²) < 4.78 is 78.5. The van der Waals surface area contributed by atoms with Crippen LogP contribution in [-0.2, 0) is 29.6 Å². The van der Waals surface area contributed by atoms with Gasteiger partial charge in [-0.15, -0.1) is 0 Å². The van der Waals surface area contributed by atoms with Crippen molar-refractivity contribution in [3.63, 3.8) is 0 Å². The lowest BCUT2D eigenvalue weighted by molar-refractivity contribution is -0.114. The van der Waals surface area contributed by atoms with Gasteiger partial charge in [-0.25, -0.2) is 21.2 Å². The van der Waals surface area contributed by atoms with Gasteiger partial charge in [0.2, 0.25) is 15.9 Å². The van der Waals surface area contributed by atoms with Gasteiger partial charge < -0.3 is 14.8 Å². The number of methoxy groups -OCH3 is 1. The molecule has 10 nitrogen and oxygen atoms in total. The van der Waals surface area contributed by atoms with Gasteiger partial charge in [-0.05, 0) is 72.8 Å². The van der Waals surface area contributed by atoms with Crippen molar-refractivity contribution in [2.75, 3.05) is 49.6 Å². The molecule has 1 saturated heterocycles. The number of morpholine rings is 1. The van der Waals surface area contributed by atoms with Crippen molar-refractivity contribution in [2.24, 2.45) is 0 Å². The Hall–Kier alpha value is -3.52. The third-order valence-electron chi connectivity index (χ3n) is 5.80. The summed E-state index contributed by atoms with van der Waals surface area (Å²) in [6.07, 6.45) is 0. The van der Waals surface area contributed by atoms with E-state index >= 15 is 0 Å². The second kappa shape index (κ2) is 11.5. The van der Waals surface area contributed by atoms with Crippen molar-refractivity contribution in [1.29, 1.82) is 0 Å². The number of sulfonamides is 2. The van der Waals surface area contributed by atoms with Crippen molar-refractivity contribution in [3.8, 4) is 5.75 Å². The Labute approximate surface area is 220 Å². The van der Waals surface area contributed by atoms with E-state index in [0.29, 0.717) is 19.0 Å². The maximum Gasteiger partial charge on any atom is 0.264 e. The molecule has 1 aliphatic rings. The predicted octanol–water partition coefficient (Wildman–Crippen LogP) is 2.69. The number of hydrogen-bond donors (Lipinski definition) is 1. The average molecular weight is 564 g/mol. The molecule has 202 valence electrons. The van der Waals surface area contributed by atoms with Crippen LogP contribution < -0.4 is 14.4 Å². The highest BCUT2D eigenvalue weighted by Gasteiger charge is 2.28. The molecular formula is C25H26FN3O7S2. The molecule has 0 unspecified atom stereocenters. The second-order valence-corrected chi connectivity index (χ2v) is 12.1. The molecule has 13 heteroatoms. The molecule has 3 aromatic rings. The summed E-state index contributed by atoms with van der Waals surface area (Å²) in [5.41, 5.74) is 0.362. The zero-order valence-corrected chi connectivity index (χ0v) is 22.0. The van der Waals surface area contributed by atoms with Crippen LogP contribution in [0.2, 0.25) is 0 Å². The zero-order chi connectivity index (χ0) is 27.3. The minimum atomic E-state index is -4.22. The van der Waals surface area contributed by atoms with E-state index in [0.717, 1.165) is 16.4 Å². The first-order chi connectivity index (χ1) is 18.1. The smallest absolute Gasteiger partial charge is 0.264 e. The summed E-state index contributed by atoms with van der Waals surface area (Å²) in [7, 11) is -6.48. The maximum atomic E-state index is 13.5. The Balaban J connectivity index is 1.54. The largest absolute Gasteiger partial charge is 0.497 e. The quantitative estimate of drug-likeness (QED) is 0.425. The topological polar surface area (TPSA) is 122 Å². The van der Waals surface area contributed by atoms with Crippen LogP contribution in [0.5, 0.6) is 5.75 Å². The molecule has 0 aliphatic carbocycles. The molecule has 1 aliphatic heterocycles. The van der Waals surface area contributed by atoms with Crippen LogP contribution in [0.25, 0.3) is 0 Å². The Bertz CT molecular complexity index is 1470. The lowest BCUT2D eigenvalue weighted by atomic mass is 10.3. The maximum absolute atomic E-state index is 13.5. The van der Waals surface area contributed by atoms with Crippen molar-refractivity contribution in [3.05, 3.63) is 78.6 Å². The predicted molar refractivity (Wildman–Crippen MR) is 139 cm³/mol. The van der Waals surface area contributed by atoms with Crippen LogP contribution in [0.4, 0.5) is 15.8 Å². The van der Waals surface area contributed by atoms with Gasteiger partial charge in [-0.1, -0.05) is 0 Å². The summed E-state index contributed by atoms with van der Waals surface area (Å²) >= 11 is 0. The Kier molecular flexibility index (Phi) is 8.31. The van der Waals surface area contributed by atoms with E-state index in [2.05, 4.69) is 5.32 Å². The van der Waals surface area contributed by atoms with E-state index in [-0.39, 0.29) is 34.3 Å². The molecule has 1 N–H and O–H groups in total. The number of benzene rings is 3. The summed E-state index contributed by atoms with van der Waals surface area (Å²) in [5, 5.41) is 2.59. The average Bonchev–Trinajstić information content (AvgIpc) is 2.93. The molecule has 1 fully saturated rings. The first-order valence-electron chi connectivity index (χ1n) is 11.5. The molecule has 3 aromatic carbocycles. The third-order valence-corrected chi connectivity index (χ3v) is 9.50. The molecule has 1 amide bonds. The van der Waals surface area contributed by atoms with Crippen LogP contribution in [0, 0.1) is 5.82 Å². The fraction of sp³-hybridized carbons (Fsp3) is 0.240. The fourth-order valence-corrected chi connectivity index (χ4v) is 6.60. The molecule has 4 rings (SSSR count). The summed E-state index contributed by atoms with van der Waals surface area (Å²) in [6.45, 7) is 0.522. The number of carbonyl (C=O) groups excluding carboxylic acids is 1. The van der Waals surface area contributed by atoms with Gasteiger partial charge in [0.25, 0.3) is 10.0 Å². The van der Waals surface area contributed by atoms with Gasteiger partial charge in [0.1, 0.15) is 18.1 Å². The van der Waals surface area contributed by atoms with E-state index < -0.39 is 38.3 Å². The highest BCUT2D eigenvalue weighted by molar-refractivity contribution is 7.92. The van der Waals surface area contributed by atoms with E-state index in [1.807, 2.05) is 0 Å². The van der Waals surface area contributed by atoms with Crippen LogP contribution in [0.3, 0.4) is 0 Å². The standard InChI is InChI=1S/C25H26FN3O7S2/c1-35-22-8-12-24(13-9-22)38(33,34)29(21-6-2-19(26)3-7-21)18-25(30)27-20-4-10-23(11-5-20)37(31,32)28-14-16-36-17-15-28/h2-13H,14-18H2,1H3,(H,27,30). The van der Waals surface area contributed by atoms with E-state index in [1.54, 1.807) is 0 Å². The summed E-state index contributed by atoms with van der Waals surface area (Å²) in [6, 6.07) is 15.9. The molecule has 0 bridgehead atoms. The summed E-state index contributed by atoms with van der Waals surface area (Å²) in [5.74, 6) is -0.795. The van der Waals surface area contributed by atoms with Crippen molar-refractivity contribution in [1.82, 2.24) is 4.31 Å². The number of carbonyl (C=O) groups is 1. The van der Waals surface area contributed by atoms with Crippen LogP contribution in [-0.4, -0.2) is 67.0 Å². The van der Waals surface area contributed by atoms with Gasteiger partial charge in [0.05, 0.1) is 35.8 Å². The highest BCUT2D eigenvalue weighted by atomic mass is 32.2. The van der Waals surface area contributed by atoms with Crippen LogP contribution in [0.1, 0.15) is 0 Å². The van der Waals surface area contributed by atoms with Gasteiger partial charge >= 0.3 is 0 Å². The molecule has 0 saturated carbocycles. The third kappa shape index (κ3) is 6.13. The molecule has 0 spiro atoms. The number of nitrogens with zero attached hydrogens (tertiary/aromatic N) is 2. The Morgan fingerprint density at radius 3 is 2.08 bits per heavy atom. The van der Waals surface area contributed by atoms with E-state index in [9.17, 15) is 26.0 Å². The van der Waals surface area contributed by atoms with Gasteiger partial charge in [0, 0.05) is 18.8 Å². The number of rotatable bonds is 9. The number of ether oxygens (including phenoxy) is 2. The minimum absolute atomic E-state index is 0.0624. The lowest BCUT2D eigenvalue weighted by Gasteiger charge is -2.26. The van der Waals surface area contributed by atoms with E-state index in [4.69, 9.17) is 9.47 Å². The fourth-order valence-electron chi connectivity index (χ4n) is 3.77. The molecule has 0 atom stereocenters. The number of anilines is 2. The van der Waals surface area contributed by atoms with Crippen molar-refractivity contribution >= 4 is 37.3 Å². The highest BCUT2D eigenvalue weighted by Crippen LogP contribution is 2.26. The molecule has 0 radical (unpaired) electrons. The number of nitrogens with one attached hydrogen (secondary N) is 1. The molecule has 1 heterocycles. The van der Waals surface area contributed by atoms with E-state index in [1.165, 1.54) is 72.1 Å².